The van der Waals surface area contributed by atoms with Crippen molar-refractivity contribution in [2.24, 2.45) is 5.41 Å². The van der Waals surface area contributed by atoms with Gasteiger partial charge in [0, 0.05) is 13.1 Å². The molecule has 1 aliphatic heterocycles. The minimum Gasteiger partial charge on any atom is -0.323 e. The number of carbonyl (C=O) groups excluding carboxylic acids is 2. The summed E-state index contributed by atoms with van der Waals surface area (Å²) in [6.45, 7) is 3.93. The van der Waals surface area contributed by atoms with Crippen LogP contribution in [0.2, 0.25) is 0 Å². The van der Waals surface area contributed by atoms with Gasteiger partial charge in [-0.2, -0.15) is 0 Å². The van der Waals surface area contributed by atoms with Crippen LogP contribution in [0.1, 0.15) is 20.3 Å². The molecule has 0 aromatic heterocycles. The van der Waals surface area contributed by atoms with E-state index in [1.807, 2.05) is 13.8 Å². The van der Waals surface area contributed by atoms with Crippen LogP contribution in [-0.2, 0) is 14.8 Å². The second-order valence-corrected chi connectivity index (χ2v) is 7.35. The Kier molecular flexibility index (Phi) is 2.71. The lowest BCUT2D eigenvalue weighted by Gasteiger charge is -2.14. The number of hydrogen-bond donors (Lipinski definition) is 2. The van der Waals surface area contributed by atoms with Crippen LogP contribution in [0.4, 0.5) is 4.79 Å². The Morgan fingerprint density at radius 1 is 1.39 bits per heavy atom. The smallest absolute Gasteiger partial charge is 0.323 e. The number of urea groups is 1. The van der Waals surface area contributed by atoms with Crippen molar-refractivity contribution in [1.82, 2.24) is 14.9 Å². The van der Waals surface area contributed by atoms with Gasteiger partial charge in [-0.3, -0.25) is 9.69 Å². The Hall–Kier alpha value is -1.15. The van der Waals surface area contributed by atoms with Crippen LogP contribution < -0.4 is 10.0 Å². The van der Waals surface area contributed by atoms with Gasteiger partial charge in [-0.05, 0) is 11.8 Å². The first-order valence-electron chi connectivity index (χ1n) is 5.68. The average Bonchev–Trinajstić information content (AvgIpc) is 2.64. The monoisotopic (exact) mass is 275 g/mol. The number of imide groups is 1. The quantitative estimate of drug-likeness (QED) is 0.660. The van der Waals surface area contributed by atoms with Crippen molar-refractivity contribution >= 4 is 22.0 Å². The highest BCUT2D eigenvalue weighted by molar-refractivity contribution is 7.88. The highest BCUT2D eigenvalue weighted by atomic mass is 32.2. The molecule has 2 aliphatic rings. The highest BCUT2D eigenvalue weighted by Gasteiger charge is 2.72. The summed E-state index contributed by atoms with van der Waals surface area (Å²) >= 11 is 0. The Bertz CT molecular complexity index is 513. The zero-order valence-electron chi connectivity index (χ0n) is 10.6. The third kappa shape index (κ3) is 1.99. The number of rotatable bonds is 4. The maximum Gasteiger partial charge on any atom is 0.325 e. The predicted molar refractivity (Wildman–Crippen MR) is 64.2 cm³/mol. The predicted octanol–water partition coefficient (Wildman–Crippen LogP) is -0.744. The summed E-state index contributed by atoms with van der Waals surface area (Å²) in [5.74, 6) is -0.257. The molecule has 1 aliphatic carbocycles. The molecule has 1 saturated heterocycles. The van der Waals surface area contributed by atoms with E-state index in [4.69, 9.17) is 0 Å². The number of carbonyl (C=O) groups is 2. The lowest BCUT2D eigenvalue weighted by molar-refractivity contribution is -0.129. The molecule has 2 N–H and O–H groups in total. The third-order valence-electron chi connectivity index (χ3n) is 3.61. The van der Waals surface area contributed by atoms with Gasteiger partial charge < -0.3 is 5.32 Å². The summed E-state index contributed by atoms with van der Waals surface area (Å²) < 4.78 is 24.0. The SMILES string of the molecule is CC1(C)CC12NC(=O)N(CCNS(C)(=O)=O)C2=O. The number of nitrogens with zero attached hydrogens (tertiary/aromatic N) is 1. The highest BCUT2D eigenvalue weighted by Crippen LogP contribution is 2.58. The van der Waals surface area contributed by atoms with Crippen LogP contribution in [0.5, 0.6) is 0 Å². The second-order valence-electron chi connectivity index (χ2n) is 5.52. The van der Waals surface area contributed by atoms with Crippen LogP contribution in [0.25, 0.3) is 0 Å². The molecule has 1 unspecified atom stereocenters. The van der Waals surface area contributed by atoms with E-state index in [1.54, 1.807) is 0 Å². The lowest BCUT2D eigenvalue weighted by atomic mass is 10.1. The van der Waals surface area contributed by atoms with Crippen molar-refractivity contribution in [3.8, 4) is 0 Å². The maximum absolute atomic E-state index is 12.1. The number of nitrogens with one attached hydrogen (secondary N) is 2. The topological polar surface area (TPSA) is 95.6 Å². The normalized spacial score (nSPS) is 29.8. The summed E-state index contributed by atoms with van der Waals surface area (Å²) in [5.41, 5.74) is -0.992. The van der Waals surface area contributed by atoms with E-state index in [0.29, 0.717) is 6.42 Å². The average molecular weight is 275 g/mol. The lowest BCUT2D eigenvalue weighted by Crippen LogP contribution is -2.39. The van der Waals surface area contributed by atoms with Gasteiger partial charge in [0.25, 0.3) is 5.91 Å². The van der Waals surface area contributed by atoms with E-state index in [9.17, 15) is 18.0 Å². The van der Waals surface area contributed by atoms with Crippen molar-refractivity contribution in [2.75, 3.05) is 19.3 Å². The van der Waals surface area contributed by atoms with E-state index >= 15 is 0 Å². The molecular formula is C10H17N3O4S. The summed E-state index contributed by atoms with van der Waals surface area (Å²) in [7, 11) is -3.31. The molecule has 2 rings (SSSR count). The number of hydrogen-bond acceptors (Lipinski definition) is 4. The van der Waals surface area contributed by atoms with Crippen molar-refractivity contribution < 1.29 is 18.0 Å². The number of sulfonamides is 1. The van der Waals surface area contributed by atoms with Crippen LogP contribution in [0, 0.1) is 5.41 Å². The molecule has 3 amide bonds. The Balaban J connectivity index is 1.99. The summed E-state index contributed by atoms with van der Waals surface area (Å²) in [6.07, 6.45) is 1.66. The molecule has 1 spiro atoms. The fraction of sp³-hybridized carbons (Fsp3) is 0.800. The van der Waals surface area contributed by atoms with Crippen molar-refractivity contribution in [3.05, 3.63) is 0 Å². The van der Waals surface area contributed by atoms with Crippen LogP contribution in [-0.4, -0.2) is 50.1 Å². The van der Waals surface area contributed by atoms with Crippen LogP contribution >= 0.6 is 0 Å². The first-order valence-corrected chi connectivity index (χ1v) is 7.57. The van der Waals surface area contributed by atoms with Gasteiger partial charge in [0.1, 0.15) is 5.54 Å². The molecule has 18 heavy (non-hydrogen) atoms. The van der Waals surface area contributed by atoms with Gasteiger partial charge in [0.15, 0.2) is 0 Å². The molecule has 0 aromatic carbocycles. The van der Waals surface area contributed by atoms with E-state index in [0.717, 1.165) is 11.2 Å². The minimum atomic E-state index is -3.31. The molecular weight excluding hydrogens is 258 g/mol. The molecule has 102 valence electrons. The van der Waals surface area contributed by atoms with Crippen LogP contribution in [0.3, 0.4) is 0 Å². The minimum absolute atomic E-state index is 0.0362. The van der Waals surface area contributed by atoms with E-state index in [1.165, 1.54) is 0 Å². The summed E-state index contributed by atoms with van der Waals surface area (Å²) in [5, 5.41) is 2.70. The Morgan fingerprint density at radius 2 is 1.94 bits per heavy atom. The zero-order chi connectivity index (χ0) is 13.8. The van der Waals surface area contributed by atoms with E-state index < -0.39 is 21.6 Å². The van der Waals surface area contributed by atoms with Crippen molar-refractivity contribution in [3.63, 3.8) is 0 Å². The Labute approximate surface area is 106 Å². The third-order valence-corrected chi connectivity index (χ3v) is 4.34. The fourth-order valence-corrected chi connectivity index (χ4v) is 2.83. The molecule has 2 fully saturated rings. The molecule has 1 heterocycles. The zero-order valence-corrected chi connectivity index (χ0v) is 11.4. The van der Waals surface area contributed by atoms with Crippen molar-refractivity contribution in [2.45, 2.75) is 25.8 Å². The Morgan fingerprint density at radius 3 is 2.33 bits per heavy atom. The molecule has 1 saturated carbocycles. The van der Waals surface area contributed by atoms with Gasteiger partial charge in [-0.1, -0.05) is 13.8 Å². The standard InChI is InChI=1S/C10H17N3O4S/c1-9(2)6-10(9)7(14)13(8(15)12-10)5-4-11-18(3,16)17/h11H,4-6H2,1-3H3,(H,12,15). The maximum atomic E-state index is 12.1. The summed E-state index contributed by atoms with van der Waals surface area (Å²) in [6, 6.07) is -0.444. The second kappa shape index (κ2) is 3.67. The number of amides is 3. The largest absolute Gasteiger partial charge is 0.325 e. The van der Waals surface area contributed by atoms with E-state index in [2.05, 4.69) is 10.0 Å². The van der Waals surface area contributed by atoms with Gasteiger partial charge in [-0.15, -0.1) is 0 Å². The molecule has 7 nitrogen and oxygen atoms in total. The summed E-state index contributed by atoms with van der Waals surface area (Å²) in [4.78, 5) is 24.9. The fourth-order valence-electron chi connectivity index (χ4n) is 2.37. The van der Waals surface area contributed by atoms with Gasteiger partial charge in [0.2, 0.25) is 10.0 Å². The first kappa shape index (κ1) is 13.3. The van der Waals surface area contributed by atoms with Gasteiger partial charge in [-0.25, -0.2) is 17.9 Å². The molecule has 0 bridgehead atoms. The van der Waals surface area contributed by atoms with Crippen molar-refractivity contribution in [1.29, 1.82) is 0 Å². The molecule has 8 heteroatoms. The molecule has 0 aromatic rings. The molecule has 0 radical (unpaired) electrons. The van der Waals surface area contributed by atoms with Gasteiger partial charge >= 0.3 is 6.03 Å². The molecule has 1 atom stereocenters. The first-order chi connectivity index (χ1) is 8.09. The van der Waals surface area contributed by atoms with Gasteiger partial charge in [0.05, 0.1) is 6.26 Å². The van der Waals surface area contributed by atoms with Crippen LogP contribution in [0.15, 0.2) is 0 Å². The van der Waals surface area contributed by atoms with E-state index in [-0.39, 0.29) is 24.4 Å².